The number of anilines is 2. The number of hydrogen-bond acceptors (Lipinski definition) is 5. The molecule has 0 saturated heterocycles. The number of thiazole rings is 1. The van der Waals surface area contributed by atoms with E-state index in [9.17, 15) is 13.2 Å². The second-order valence-corrected chi connectivity index (χ2v) is 10.9. The Morgan fingerprint density at radius 3 is 2.26 bits per heavy atom. The molecule has 0 aliphatic carbocycles. The van der Waals surface area contributed by atoms with E-state index in [0.717, 1.165) is 11.3 Å². The zero-order valence-corrected chi connectivity index (χ0v) is 20.9. The van der Waals surface area contributed by atoms with E-state index in [-0.39, 0.29) is 22.0 Å². The summed E-state index contributed by atoms with van der Waals surface area (Å²) in [7, 11) is -2.36. The van der Waals surface area contributed by atoms with Gasteiger partial charge in [0.25, 0.3) is 5.91 Å². The molecule has 0 saturated carbocycles. The molecular weight excluding hydrogens is 490 g/mol. The van der Waals surface area contributed by atoms with Gasteiger partial charge in [0.05, 0.1) is 26.9 Å². The number of nitrogens with zero attached hydrogens (tertiary/aromatic N) is 3. The van der Waals surface area contributed by atoms with Crippen LogP contribution in [0, 0.1) is 6.92 Å². The molecule has 0 aliphatic heterocycles. The number of para-hydroxylation sites is 1. The number of benzene rings is 3. The third kappa shape index (κ3) is 5.05. The van der Waals surface area contributed by atoms with Gasteiger partial charge in [0.1, 0.15) is 0 Å². The van der Waals surface area contributed by atoms with Gasteiger partial charge in [-0.15, -0.1) is 11.3 Å². The zero-order chi connectivity index (χ0) is 24.3. The first kappa shape index (κ1) is 24.1. The largest absolute Gasteiger partial charge is 0.268 e. The quantitative estimate of drug-likeness (QED) is 0.309. The van der Waals surface area contributed by atoms with Crippen molar-refractivity contribution in [1.29, 1.82) is 0 Å². The monoisotopic (exact) mass is 511 g/mol. The van der Waals surface area contributed by atoms with Crippen LogP contribution in [-0.2, 0) is 16.6 Å². The van der Waals surface area contributed by atoms with Gasteiger partial charge in [0.2, 0.25) is 10.0 Å². The molecule has 34 heavy (non-hydrogen) atoms. The lowest BCUT2D eigenvalue weighted by molar-refractivity contribution is 0.0999. The van der Waals surface area contributed by atoms with Gasteiger partial charge in [0, 0.05) is 19.0 Å². The molecule has 0 radical (unpaired) electrons. The van der Waals surface area contributed by atoms with E-state index in [1.807, 2.05) is 60.8 Å². The molecule has 9 heteroatoms. The number of carbonyl (C=O) groups is 1. The van der Waals surface area contributed by atoms with Crippen LogP contribution in [0.2, 0.25) is 5.02 Å². The van der Waals surface area contributed by atoms with E-state index >= 15 is 0 Å². The van der Waals surface area contributed by atoms with Crippen molar-refractivity contribution in [1.82, 2.24) is 9.29 Å². The molecule has 4 rings (SSSR count). The zero-order valence-electron chi connectivity index (χ0n) is 18.6. The first-order chi connectivity index (χ1) is 16.3. The van der Waals surface area contributed by atoms with Crippen molar-refractivity contribution < 1.29 is 13.2 Å². The summed E-state index contributed by atoms with van der Waals surface area (Å²) < 4.78 is 27.8. The molecule has 1 aromatic heterocycles. The highest BCUT2D eigenvalue weighted by Gasteiger charge is 2.28. The van der Waals surface area contributed by atoms with Crippen molar-refractivity contribution in [2.45, 2.75) is 18.4 Å². The fraction of sp³-hybridized carbons (Fsp3) is 0.120. The van der Waals surface area contributed by atoms with Crippen LogP contribution in [-0.4, -0.2) is 30.7 Å². The van der Waals surface area contributed by atoms with Crippen LogP contribution in [0.4, 0.5) is 10.8 Å². The van der Waals surface area contributed by atoms with Crippen LogP contribution in [0.15, 0.2) is 89.1 Å². The maximum atomic E-state index is 13.7. The summed E-state index contributed by atoms with van der Waals surface area (Å²) in [5.74, 6) is -0.465. The standard InChI is InChI=1S/C25H22ClN3O3S2/c1-18-17-33-25(27-18)29(20-11-7-4-8-12-20)24(30)22-15-21(13-14-23(22)26)34(31,32)28(2)16-19-9-5-3-6-10-19/h3-15,17H,16H2,1-2H3. The second kappa shape index (κ2) is 10.1. The van der Waals surface area contributed by atoms with Crippen LogP contribution in [0.3, 0.4) is 0 Å². The highest BCUT2D eigenvalue weighted by Crippen LogP contribution is 2.33. The van der Waals surface area contributed by atoms with E-state index in [1.165, 1.54) is 45.8 Å². The maximum Gasteiger partial charge on any atom is 0.266 e. The smallest absolute Gasteiger partial charge is 0.266 e. The summed E-state index contributed by atoms with van der Waals surface area (Å²) in [6.07, 6.45) is 0. The van der Waals surface area contributed by atoms with Crippen LogP contribution in [0.25, 0.3) is 0 Å². The molecule has 0 N–H and O–H groups in total. The van der Waals surface area contributed by atoms with E-state index in [2.05, 4.69) is 4.98 Å². The summed E-state index contributed by atoms with van der Waals surface area (Å²) in [6.45, 7) is 2.04. The number of aryl methyl sites for hydroxylation is 1. The van der Waals surface area contributed by atoms with Crippen LogP contribution in [0.1, 0.15) is 21.6 Å². The van der Waals surface area contributed by atoms with Crippen molar-refractivity contribution in [3.8, 4) is 0 Å². The summed E-state index contributed by atoms with van der Waals surface area (Å²) in [5.41, 5.74) is 2.31. The average molecular weight is 512 g/mol. The normalized spacial score (nSPS) is 11.5. The predicted octanol–water partition coefficient (Wildman–Crippen LogP) is 5.90. The molecule has 174 valence electrons. The van der Waals surface area contributed by atoms with Crippen molar-refractivity contribution in [2.24, 2.45) is 0 Å². The molecule has 6 nitrogen and oxygen atoms in total. The molecule has 3 aromatic carbocycles. The number of halogens is 1. The Bertz CT molecular complexity index is 1410. The Labute approximate surface area is 208 Å². The first-order valence-electron chi connectivity index (χ1n) is 10.4. The Morgan fingerprint density at radius 1 is 1.00 bits per heavy atom. The molecule has 0 fully saturated rings. The molecule has 0 unspecified atom stereocenters. The third-order valence-electron chi connectivity index (χ3n) is 5.14. The lowest BCUT2D eigenvalue weighted by atomic mass is 10.2. The molecule has 0 spiro atoms. The second-order valence-electron chi connectivity index (χ2n) is 7.64. The SMILES string of the molecule is Cc1csc(N(C(=O)c2cc(S(=O)(=O)N(C)Cc3ccccc3)ccc2Cl)c2ccccc2)n1. The third-order valence-corrected chi connectivity index (χ3v) is 8.21. The minimum atomic E-state index is -3.87. The number of sulfonamides is 1. The van der Waals surface area contributed by atoms with Gasteiger partial charge in [-0.25, -0.2) is 13.4 Å². The van der Waals surface area contributed by atoms with Crippen LogP contribution in [0.5, 0.6) is 0 Å². The summed E-state index contributed by atoms with van der Waals surface area (Å²) in [4.78, 5) is 19.6. The van der Waals surface area contributed by atoms with Gasteiger partial charge in [0.15, 0.2) is 5.13 Å². The molecule has 1 heterocycles. The highest BCUT2D eigenvalue weighted by atomic mass is 35.5. The topological polar surface area (TPSA) is 70.6 Å². The Morgan fingerprint density at radius 2 is 1.65 bits per heavy atom. The molecule has 0 aliphatic rings. The van der Waals surface area contributed by atoms with Crippen molar-refractivity contribution in [3.63, 3.8) is 0 Å². The number of hydrogen-bond donors (Lipinski definition) is 0. The van der Waals surface area contributed by atoms with Gasteiger partial charge in [-0.1, -0.05) is 60.1 Å². The van der Waals surface area contributed by atoms with E-state index < -0.39 is 15.9 Å². The number of rotatable bonds is 7. The van der Waals surface area contributed by atoms with Gasteiger partial charge < -0.3 is 0 Å². The first-order valence-corrected chi connectivity index (χ1v) is 13.1. The molecule has 1 amide bonds. The van der Waals surface area contributed by atoms with Crippen molar-refractivity contribution >= 4 is 49.7 Å². The summed E-state index contributed by atoms with van der Waals surface area (Å²) in [6, 6.07) is 22.5. The van der Waals surface area contributed by atoms with E-state index in [1.54, 1.807) is 12.1 Å². The lowest BCUT2D eigenvalue weighted by Gasteiger charge is -2.22. The van der Waals surface area contributed by atoms with Crippen LogP contribution < -0.4 is 4.90 Å². The Balaban J connectivity index is 1.72. The Kier molecular flexibility index (Phi) is 7.13. The number of amides is 1. The van der Waals surface area contributed by atoms with Gasteiger partial charge in [-0.3, -0.25) is 9.69 Å². The Hall–Kier alpha value is -3.04. The van der Waals surface area contributed by atoms with Gasteiger partial charge >= 0.3 is 0 Å². The van der Waals surface area contributed by atoms with Crippen LogP contribution >= 0.6 is 22.9 Å². The molecule has 0 atom stereocenters. The minimum absolute atomic E-state index is 0.0120. The maximum absolute atomic E-state index is 13.7. The summed E-state index contributed by atoms with van der Waals surface area (Å²) in [5, 5.41) is 2.47. The van der Waals surface area contributed by atoms with Crippen molar-refractivity contribution in [2.75, 3.05) is 11.9 Å². The van der Waals surface area contributed by atoms with Gasteiger partial charge in [-0.05, 0) is 42.8 Å². The number of aromatic nitrogens is 1. The predicted molar refractivity (Wildman–Crippen MR) is 136 cm³/mol. The van der Waals surface area contributed by atoms with E-state index in [0.29, 0.717) is 10.8 Å². The molecule has 4 aromatic rings. The van der Waals surface area contributed by atoms with Gasteiger partial charge in [-0.2, -0.15) is 4.31 Å². The number of carbonyl (C=O) groups excluding carboxylic acids is 1. The molecular formula is C25H22ClN3O3S2. The van der Waals surface area contributed by atoms with E-state index in [4.69, 9.17) is 11.6 Å². The average Bonchev–Trinajstić information content (AvgIpc) is 3.26. The van der Waals surface area contributed by atoms with Crippen molar-refractivity contribution in [3.05, 3.63) is 106 Å². The molecule has 0 bridgehead atoms. The fourth-order valence-electron chi connectivity index (χ4n) is 3.39. The lowest BCUT2D eigenvalue weighted by Crippen LogP contribution is -2.28. The fourth-order valence-corrected chi connectivity index (χ4v) is 5.59. The highest BCUT2D eigenvalue weighted by molar-refractivity contribution is 7.89. The summed E-state index contributed by atoms with van der Waals surface area (Å²) >= 11 is 7.72. The minimum Gasteiger partial charge on any atom is -0.268 e.